The molecule has 0 unspecified atom stereocenters. The van der Waals surface area contributed by atoms with E-state index in [9.17, 15) is 18.0 Å². The largest absolute Gasteiger partial charge is 0.573 e. The number of methoxy groups -OCH3 is 1. The van der Waals surface area contributed by atoms with E-state index in [1.165, 1.54) is 12.1 Å². The number of anilines is 1. The van der Waals surface area contributed by atoms with Crippen LogP contribution in [0.2, 0.25) is 0 Å². The number of halogens is 3. The molecule has 2 aromatic carbocycles. The minimum Gasteiger partial charge on any atom is -0.497 e. The summed E-state index contributed by atoms with van der Waals surface area (Å²) in [5, 5.41) is 3.95. The fourth-order valence-electron chi connectivity index (χ4n) is 3.21. The third-order valence-electron chi connectivity index (χ3n) is 4.65. The van der Waals surface area contributed by atoms with Crippen molar-refractivity contribution in [2.24, 2.45) is 0 Å². The van der Waals surface area contributed by atoms with Gasteiger partial charge in [0.25, 0.3) is 5.89 Å². The number of alkyl halides is 3. The summed E-state index contributed by atoms with van der Waals surface area (Å²) in [6.07, 6.45) is -4.53. The van der Waals surface area contributed by atoms with Gasteiger partial charge in [-0.1, -0.05) is 5.16 Å². The van der Waals surface area contributed by atoms with Crippen LogP contribution in [0.1, 0.15) is 18.2 Å². The van der Waals surface area contributed by atoms with Gasteiger partial charge in [-0.2, -0.15) is 4.98 Å². The number of carbonyl (C=O) groups is 1. The lowest BCUT2D eigenvalue weighted by Crippen LogP contribution is -2.24. The van der Waals surface area contributed by atoms with E-state index in [2.05, 4.69) is 14.9 Å². The highest BCUT2D eigenvalue weighted by Crippen LogP contribution is 2.32. The molecule has 156 valence electrons. The molecule has 1 saturated heterocycles. The number of amides is 1. The second kappa shape index (κ2) is 7.69. The zero-order chi connectivity index (χ0) is 21.3. The summed E-state index contributed by atoms with van der Waals surface area (Å²) in [6, 6.07) is 12.2. The molecule has 7 nitrogen and oxygen atoms in total. The zero-order valence-electron chi connectivity index (χ0n) is 15.7. The van der Waals surface area contributed by atoms with Gasteiger partial charge in [0.2, 0.25) is 5.91 Å². The van der Waals surface area contributed by atoms with Crippen LogP contribution in [0.3, 0.4) is 0 Å². The van der Waals surface area contributed by atoms with Gasteiger partial charge >= 0.3 is 6.36 Å². The van der Waals surface area contributed by atoms with Crippen LogP contribution in [0.4, 0.5) is 18.9 Å². The lowest BCUT2D eigenvalue weighted by atomic mass is 10.1. The maximum Gasteiger partial charge on any atom is 0.573 e. The highest BCUT2D eigenvalue weighted by molar-refractivity contribution is 5.96. The summed E-state index contributed by atoms with van der Waals surface area (Å²) in [5.74, 6) is 0.540. The maximum atomic E-state index is 12.4. The molecule has 0 spiro atoms. The predicted molar refractivity (Wildman–Crippen MR) is 99.1 cm³/mol. The lowest BCUT2D eigenvalue weighted by Gasteiger charge is -2.16. The van der Waals surface area contributed by atoms with E-state index in [0.717, 1.165) is 17.8 Å². The van der Waals surface area contributed by atoms with Crippen LogP contribution in [0, 0.1) is 0 Å². The molecule has 1 aliphatic rings. The number of ether oxygens (including phenoxy) is 2. The highest BCUT2D eigenvalue weighted by atomic mass is 19.4. The Morgan fingerprint density at radius 3 is 2.37 bits per heavy atom. The van der Waals surface area contributed by atoms with Crippen LogP contribution < -0.4 is 14.4 Å². The van der Waals surface area contributed by atoms with E-state index in [1.807, 2.05) is 0 Å². The summed E-state index contributed by atoms with van der Waals surface area (Å²) in [7, 11) is 1.57. The molecule has 10 heteroatoms. The fourth-order valence-corrected chi connectivity index (χ4v) is 3.21. The Hall–Kier alpha value is -3.56. The Bertz CT molecular complexity index is 1030. The number of aromatic nitrogens is 2. The van der Waals surface area contributed by atoms with Crippen LogP contribution in [0.15, 0.2) is 53.1 Å². The normalized spacial score (nSPS) is 16.7. The number of hydrogen-bond donors (Lipinski definition) is 0. The number of benzene rings is 2. The molecule has 1 aromatic heterocycles. The molecule has 4 rings (SSSR count). The molecule has 1 amide bonds. The first kappa shape index (κ1) is 19.7. The number of hydrogen-bond acceptors (Lipinski definition) is 6. The quantitative estimate of drug-likeness (QED) is 0.618. The van der Waals surface area contributed by atoms with Crippen LogP contribution >= 0.6 is 0 Å². The Balaban J connectivity index is 1.47. The topological polar surface area (TPSA) is 77.7 Å². The van der Waals surface area contributed by atoms with Gasteiger partial charge in [-0.3, -0.25) is 4.79 Å². The van der Waals surface area contributed by atoms with Crippen molar-refractivity contribution < 1.29 is 32.0 Å². The summed E-state index contributed by atoms with van der Waals surface area (Å²) in [5.41, 5.74) is 1.19. The molecular formula is C20H16F3N3O4. The van der Waals surface area contributed by atoms with E-state index in [4.69, 9.17) is 9.26 Å². The zero-order valence-corrected chi connectivity index (χ0v) is 15.7. The van der Waals surface area contributed by atoms with E-state index in [1.54, 1.807) is 36.3 Å². The van der Waals surface area contributed by atoms with Crippen molar-refractivity contribution in [1.29, 1.82) is 0 Å². The van der Waals surface area contributed by atoms with Gasteiger partial charge in [-0.25, -0.2) is 0 Å². The molecule has 3 aromatic rings. The van der Waals surface area contributed by atoms with Gasteiger partial charge in [0.15, 0.2) is 5.82 Å². The monoisotopic (exact) mass is 419 g/mol. The lowest BCUT2D eigenvalue weighted by molar-refractivity contribution is -0.274. The van der Waals surface area contributed by atoms with Gasteiger partial charge in [-0.05, 0) is 48.5 Å². The molecule has 1 aliphatic heterocycles. The average Bonchev–Trinajstić information content (AvgIpc) is 3.34. The fraction of sp³-hybridized carbons (Fsp3) is 0.250. The molecule has 30 heavy (non-hydrogen) atoms. The van der Waals surface area contributed by atoms with Crippen molar-refractivity contribution in [2.45, 2.75) is 18.7 Å². The van der Waals surface area contributed by atoms with Gasteiger partial charge in [0.05, 0.1) is 7.11 Å². The van der Waals surface area contributed by atoms with Crippen molar-refractivity contribution in [3.8, 4) is 23.0 Å². The maximum absolute atomic E-state index is 12.4. The molecule has 1 atom stereocenters. The Morgan fingerprint density at radius 2 is 1.73 bits per heavy atom. The van der Waals surface area contributed by atoms with E-state index < -0.39 is 6.36 Å². The van der Waals surface area contributed by atoms with Crippen LogP contribution in [-0.4, -0.2) is 36.1 Å². The van der Waals surface area contributed by atoms with E-state index in [0.29, 0.717) is 23.7 Å². The van der Waals surface area contributed by atoms with Crippen LogP contribution in [0.25, 0.3) is 11.5 Å². The predicted octanol–water partition coefficient (Wildman–Crippen LogP) is 4.16. The van der Waals surface area contributed by atoms with Gasteiger partial charge in [0, 0.05) is 30.1 Å². The molecule has 0 aliphatic carbocycles. The van der Waals surface area contributed by atoms with Crippen molar-refractivity contribution in [1.82, 2.24) is 10.1 Å². The molecule has 0 N–H and O–H groups in total. The average molecular weight is 419 g/mol. The summed E-state index contributed by atoms with van der Waals surface area (Å²) < 4.78 is 51.0. The summed E-state index contributed by atoms with van der Waals surface area (Å²) >= 11 is 0. The molecule has 2 heterocycles. The van der Waals surface area contributed by atoms with E-state index in [-0.39, 0.29) is 29.9 Å². The highest BCUT2D eigenvalue weighted by Gasteiger charge is 2.35. The van der Waals surface area contributed by atoms with Gasteiger partial charge < -0.3 is 18.9 Å². The molecule has 1 fully saturated rings. The molecular weight excluding hydrogens is 403 g/mol. The first-order valence-electron chi connectivity index (χ1n) is 8.96. The van der Waals surface area contributed by atoms with Crippen molar-refractivity contribution >= 4 is 11.6 Å². The summed E-state index contributed by atoms with van der Waals surface area (Å²) in [4.78, 5) is 18.4. The van der Waals surface area contributed by atoms with Crippen LogP contribution in [-0.2, 0) is 4.79 Å². The van der Waals surface area contributed by atoms with E-state index >= 15 is 0 Å². The molecule has 0 bridgehead atoms. The summed E-state index contributed by atoms with van der Waals surface area (Å²) in [6.45, 7) is 0.391. The van der Waals surface area contributed by atoms with Crippen molar-refractivity contribution in [3.05, 3.63) is 54.4 Å². The second-order valence-corrected chi connectivity index (χ2v) is 6.63. The Labute approximate surface area is 169 Å². The molecule has 0 saturated carbocycles. The first-order valence-corrected chi connectivity index (χ1v) is 8.96. The van der Waals surface area contributed by atoms with Crippen LogP contribution in [0.5, 0.6) is 11.5 Å². The third-order valence-corrected chi connectivity index (χ3v) is 4.65. The number of rotatable bonds is 5. The second-order valence-electron chi connectivity index (χ2n) is 6.63. The Morgan fingerprint density at radius 1 is 1.07 bits per heavy atom. The number of carbonyl (C=O) groups excluding carboxylic acids is 1. The molecule has 0 radical (unpaired) electrons. The van der Waals surface area contributed by atoms with Gasteiger partial charge in [0.1, 0.15) is 11.5 Å². The van der Waals surface area contributed by atoms with Crippen molar-refractivity contribution in [2.75, 3.05) is 18.6 Å². The van der Waals surface area contributed by atoms with Gasteiger partial charge in [-0.15, -0.1) is 13.2 Å². The third kappa shape index (κ3) is 4.22. The SMILES string of the molecule is COc1ccc(N2C[C@H](c3noc(-c4ccc(OC(F)(F)F)cc4)n3)CC2=O)cc1. The minimum absolute atomic E-state index is 0.0647. The first-order chi connectivity index (χ1) is 14.3. The number of nitrogens with zero attached hydrogens (tertiary/aromatic N) is 3. The smallest absolute Gasteiger partial charge is 0.497 e. The van der Waals surface area contributed by atoms with Crippen molar-refractivity contribution in [3.63, 3.8) is 0 Å². The minimum atomic E-state index is -4.76. The Kier molecular flexibility index (Phi) is 5.06. The standard InChI is InChI=1S/C20H16F3N3O4/c1-28-15-8-4-14(5-9-15)26-11-13(10-17(26)27)18-24-19(30-25-18)12-2-6-16(7-3-12)29-20(21,22)23/h2-9,13H,10-11H2,1H3/t13-/m1/s1.